The average Bonchev–Trinajstić information content (AvgIpc) is 3.25. The highest BCUT2D eigenvalue weighted by molar-refractivity contribution is 7.89. The Labute approximate surface area is 193 Å². The number of rotatable bonds is 8. The summed E-state index contributed by atoms with van der Waals surface area (Å²) in [5, 5.41) is 5.81. The summed E-state index contributed by atoms with van der Waals surface area (Å²) in [4.78, 5) is 17.2. The molecule has 1 amide bonds. The molecule has 2 heterocycles. The normalized spacial score (nSPS) is 14.9. The number of thiazole rings is 1. The van der Waals surface area contributed by atoms with Crippen LogP contribution in [0.3, 0.4) is 0 Å². The van der Waals surface area contributed by atoms with Gasteiger partial charge in [-0.1, -0.05) is 48.9 Å². The lowest BCUT2D eigenvalue weighted by atomic mass is 10.2. The largest absolute Gasteiger partial charge is 0.352 e. The van der Waals surface area contributed by atoms with E-state index in [1.807, 2.05) is 23.6 Å². The Morgan fingerprint density at radius 3 is 2.41 bits per heavy atom. The number of benzene rings is 2. The number of piperidine rings is 1. The fourth-order valence-corrected chi connectivity index (χ4v) is 6.09. The summed E-state index contributed by atoms with van der Waals surface area (Å²) in [5.74, 6) is -0.105. The molecule has 0 unspecified atom stereocenters. The molecule has 0 bridgehead atoms. The minimum absolute atomic E-state index is 0.105. The maximum atomic E-state index is 12.7. The van der Waals surface area contributed by atoms with Crippen molar-refractivity contribution in [1.29, 1.82) is 0 Å². The van der Waals surface area contributed by atoms with Crippen LogP contribution in [0.4, 0.5) is 0 Å². The summed E-state index contributed by atoms with van der Waals surface area (Å²) in [6, 6.07) is 16.9. The average molecular weight is 470 g/mol. The summed E-state index contributed by atoms with van der Waals surface area (Å²) < 4.78 is 27.0. The van der Waals surface area contributed by atoms with Gasteiger partial charge < -0.3 is 5.32 Å². The highest BCUT2D eigenvalue weighted by atomic mass is 32.2. The van der Waals surface area contributed by atoms with E-state index in [4.69, 9.17) is 0 Å². The zero-order valence-corrected chi connectivity index (χ0v) is 19.5. The minimum Gasteiger partial charge on any atom is -0.352 e. The molecule has 8 heteroatoms. The van der Waals surface area contributed by atoms with Crippen molar-refractivity contribution < 1.29 is 13.2 Å². The van der Waals surface area contributed by atoms with E-state index in [-0.39, 0.29) is 12.3 Å². The van der Waals surface area contributed by atoms with E-state index in [0.29, 0.717) is 24.5 Å². The van der Waals surface area contributed by atoms with Gasteiger partial charge in [0.15, 0.2) is 0 Å². The lowest BCUT2D eigenvalue weighted by Crippen LogP contribution is -2.35. The molecule has 4 rings (SSSR count). The van der Waals surface area contributed by atoms with Crippen molar-refractivity contribution in [3.8, 4) is 0 Å². The summed E-state index contributed by atoms with van der Waals surface area (Å²) in [5.41, 5.74) is 2.82. The maximum absolute atomic E-state index is 12.7. The number of carbonyl (C=O) groups excluding carboxylic acids is 1. The standard InChI is InChI=1S/C24H27N3O3S2/c28-23(16-21-18-31-24(26-21)15-19-7-3-1-4-8-19)25-17-20-9-11-22(12-10-20)32(29,30)27-13-5-2-6-14-27/h1,3-4,7-12,18H,2,5-6,13-17H2,(H,25,28). The Bertz CT molecular complexity index is 1140. The van der Waals surface area contributed by atoms with Gasteiger partial charge in [0.1, 0.15) is 0 Å². The Hall–Kier alpha value is -2.55. The fourth-order valence-electron chi connectivity index (χ4n) is 3.74. The van der Waals surface area contributed by atoms with Crippen molar-refractivity contribution in [2.75, 3.05) is 13.1 Å². The molecule has 1 aromatic heterocycles. The molecule has 6 nitrogen and oxygen atoms in total. The van der Waals surface area contributed by atoms with Crippen LogP contribution in [0, 0.1) is 0 Å². The topological polar surface area (TPSA) is 79.4 Å². The number of hydrogen-bond acceptors (Lipinski definition) is 5. The highest BCUT2D eigenvalue weighted by Gasteiger charge is 2.25. The van der Waals surface area contributed by atoms with Crippen LogP contribution < -0.4 is 5.32 Å². The molecule has 1 aliphatic heterocycles. The first-order chi connectivity index (χ1) is 15.5. The van der Waals surface area contributed by atoms with Gasteiger partial charge in [-0.2, -0.15) is 4.31 Å². The van der Waals surface area contributed by atoms with Crippen molar-refractivity contribution in [2.45, 2.75) is 43.5 Å². The third-order valence-electron chi connectivity index (χ3n) is 5.50. The first-order valence-corrected chi connectivity index (χ1v) is 13.2. The monoisotopic (exact) mass is 469 g/mol. The van der Waals surface area contributed by atoms with Crippen molar-refractivity contribution >= 4 is 27.3 Å². The number of aromatic nitrogens is 1. The molecule has 0 spiro atoms. The van der Waals surface area contributed by atoms with Gasteiger partial charge >= 0.3 is 0 Å². The first-order valence-electron chi connectivity index (χ1n) is 10.8. The van der Waals surface area contributed by atoms with Gasteiger partial charge in [-0.25, -0.2) is 13.4 Å². The van der Waals surface area contributed by atoms with Crippen LogP contribution in [0.15, 0.2) is 64.9 Å². The predicted molar refractivity (Wildman–Crippen MR) is 126 cm³/mol. The van der Waals surface area contributed by atoms with E-state index in [9.17, 15) is 13.2 Å². The van der Waals surface area contributed by atoms with Gasteiger partial charge in [0.05, 0.1) is 22.0 Å². The van der Waals surface area contributed by atoms with Gasteiger partial charge in [0, 0.05) is 31.4 Å². The van der Waals surface area contributed by atoms with Gasteiger partial charge in [0.2, 0.25) is 15.9 Å². The smallest absolute Gasteiger partial charge is 0.243 e. The van der Waals surface area contributed by atoms with E-state index in [1.165, 1.54) is 5.56 Å². The van der Waals surface area contributed by atoms with E-state index in [1.54, 1.807) is 39.9 Å². The third-order valence-corrected chi connectivity index (χ3v) is 8.32. The summed E-state index contributed by atoms with van der Waals surface area (Å²) in [6.07, 6.45) is 3.90. The second-order valence-corrected chi connectivity index (χ2v) is 10.8. The lowest BCUT2D eigenvalue weighted by molar-refractivity contribution is -0.120. The lowest BCUT2D eigenvalue weighted by Gasteiger charge is -2.25. The molecule has 0 saturated carbocycles. The molecule has 0 atom stereocenters. The van der Waals surface area contributed by atoms with E-state index >= 15 is 0 Å². The molecule has 168 valence electrons. The number of sulfonamides is 1. The van der Waals surface area contributed by atoms with Crippen molar-refractivity contribution in [3.63, 3.8) is 0 Å². The SMILES string of the molecule is O=C(Cc1csc(Cc2ccccc2)n1)NCc1ccc(S(=O)(=O)N2CCCCC2)cc1. The van der Waals surface area contributed by atoms with Crippen LogP contribution in [0.25, 0.3) is 0 Å². The van der Waals surface area contributed by atoms with E-state index < -0.39 is 10.0 Å². The molecule has 3 aromatic rings. The van der Waals surface area contributed by atoms with Crippen LogP contribution >= 0.6 is 11.3 Å². The van der Waals surface area contributed by atoms with Gasteiger partial charge in [0.25, 0.3) is 0 Å². The van der Waals surface area contributed by atoms with Crippen LogP contribution in [0.2, 0.25) is 0 Å². The third kappa shape index (κ3) is 5.82. The zero-order valence-electron chi connectivity index (χ0n) is 17.9. The van der Waals surface area contributed by atoms with Crippen molar-refractivity contribution in [3.05, 3.63) is 81.8 Å². The molecular weight excluding hydrogens is 442 g/mol. The number of nitrogens with one attached hydrogen (secondary N) is 1. The fraction of sp³-hybridized carbons (Fsp3) is 0.333. The van der Waals surface area contributed by atoms with Crippen molar-refractivity contribution in [1.82, 2.24) is 14.6 Å². The summed E-state index contributed by atoms with van der Waals surface area (Å²) >= 11 is 1.56. The molecule has 32 heavy (non-hydrogen) atoms. The van der Waals surface area contributed by atoms with Gasteiger partial charge in [-0.05, 0) is 36.1 Å². The molecule has 1 saturated heterocycles. The molecule has 1 N–H and O–H groups in total. The highest BCUT2D eigenvalue weighted by Crippen LogP contribution is 2.21. The summed E-state index contributed by atoms with van der Waals surface area (Å²) in [7, 11) is -3.43. The molecule has 1 fully saturated rings. The Morgan fingerprint density at radius 1 is 0.969 bits per heavy atom. The van der Waals surface area contributed by atoms with E-state index in [2.05, 4.69) is 22.4 Å². The van der Waals surface area contributed by atoms with Crippen LogP contribution in [0.5, 0.6) is 0 Å². The van der Waals surface area contributed by atoms with Gasteiger partial charge in [-0.15, -0.1) is 11.3 Å². The minimum atomic E-state index is -3.43. The molecular formula is C24H27N3O3S2. The molecule has 2 aromatic carbocycles. The predicted octanol–water partition coefficient (Wildman–Crippen LogP) is 3.77. The zero-order chi connectivity index (χ0) is 22.4. The van der Waals surface area contributed by atoms with Crippen molar-refractivity contribution in [2.24, 2.45) is 0 Å². The summed E-state index contributed by atoms with van der Waals surface area (Å²) in [6.45, 7) is 1.53. The van der Waals surface area contributed by atoms with Gasteiger partial charge in [-0.3, -0.25) is 4.79 Å². The Morgan fingerprint density at radius 2 is 1.69 bits per heavy atom. The Balaban J connectivity index is 1.28. The number of carbonyl (C=O) groups is 1. The Kier molecular flexibility index (Phi) is 7.34. The molecule has 0 aliphatic carbocycles. The molecule has 0 radical (unpaired) electrons. The second kappa shape index (κ2) is 10.4. The number of hydrogen-bond donors (Lipinski definition) is 1. The number of amides is 1. The number of nitrogens with zero attached hydrogens (tertiary/aromatic N) is 2. The van der Waals surface area contributed by atoms with Crippen LogP contribution in [-0.4, -0.2) is 36.7 Å². The maximum Gasteiger partial charge on any atom is 0.243 e. The second-order valence-electron chi connectivity index (χ2n) is 7.96. The molecule has 1 aliphatic rings. The van der Waals surface area contributed by atoms with Crippen LogP contribution in [0.1, 0.15) is 41.1 Å². The first kappa shape index (κ1) is 22.6. The quantitative estimate of drug-likeness (QED) is 0.545. The van der Waals surface area contributed by atoms with Crippen LogP contribution in [-0.2, 0) is 34.2 Å². The van der Waals surface area contributed by atoms with E-state index in [0.717, 1.165) is 41.9 Å².